The van der Waals surface area contributed by atoms with Gasteiger partial charge in [0.05, 0.1) is 0 Å². The van der Waals surface area contributed by atoms with Gasteiger partial charge < -0.3 is 0 Å². The van der Waals surface area contributed by atoms with Crippen LogP contribution in [-0.2, 0) is 0 Å². The predicted molar refractivity (Wildman–Crippen MR) is 83.9 cm³/mol. The second-order valence-electron chi connectivity index (χ2n) is 5.35. The average molecular weight is 248 g/mol. The van der Waals surface area contributed by atoms with Crippen molar-refractivity contribution >= 4 is 11.1 Å². The molecule has 0 fully saturated rings. The molecular formula is C19H20. The highest BCUT2D eigenvalue weighted by Crippen LogP contribution is 2.33. The topological polar surface area (TPSA) is 0 Å². The Morgan fingerprint density at radius 1 is 0.947 bits per heavy atom. The second kappa shape index (κ2) is 5.44. The summed E-state index contributed by atoms with van der Waals surface area (Å²) in [5.41, 5.74) is 7.01. The third-order valence-corrected chi connectivity index (χ3v) is 3.84. The number of benzene rings is 1. The van der Waals surface area contributed by atoms with E-state index < -0.39 is 0 Å². The maximum Gasteiger partial charge on any atom is -0.0109 e. The van der Waals surface area contributed by atoms with Crippen LogP contribution in [0.15, 0.2) is 54.7 Å². The van der Waals surface area contributed by atoms with Gasteiger partial charge in [-0.3, -0.25) is 0 Å². The zero-order valence-electron chi connectivity index (χ0n) is 11.5. The highest BCUT2D eigenvalue weighted by molar-refractivity contribution is 5.85. The van der Waals surface area contributed by atoms with E-state index in [4.69, 9.17) is 0 Å². The molecule has 19 heavy (non-hydrogen) atoms. The predicted octanol–water partition coefficient (Wildman–Crippen LogP) is 5.46. The first-order chi connectivity index (χ1) is 9.34. The number of hydrogen-bond donors (Lipinski definition) is 0. The lowest BCUT2D eigenvalue weighted by Crippen LogP contribution is -1.96. The van der Waals surface area contributed by atoms with Crippen LogP contribution in [0.5, 0.6) is 0 Å². The molecule has 1 aromatic carbocycles. The van der Waals surface area contributed by atoms with E-state index in [9.17, 15) is 0 Å². The Kier molecular flexibility index (Phi) is 3.50. The maximum absolute atomic E-state index is 2.37. The van der Waals surface area contributed by atoms with Gasteiger partial charge in [0, 0.05) is 0 Å². The van der Waals surface area contributed by atoms with Crippen LogP contribution < -0.4 is 0 Å². The lowest BCUT2D eigenvalue weighted by Gasteiger charge is -2.17. The lowest BCUT2D eigenvalue weighted by atomic mass is 9.87. The van der Waals surface area contributed by atoms with Crippen LogP contribution in [0.1, 0.15) is 42.4 Å². The van der Waals surface area contributed by atoms with Crippen molar-refractivity contribution in [1.82, 2.24) is 0 Å². The molecule has 0 atom stereocenters. The molecule has 0 radical (unpaired) electrons. The van der Waals surface area contributed by atoms with Crippen molar-refractivity contribution in [3.63, 3.8) is 0 Å². The van der Waals surface area contributed by atoms with Gasteiger partial charge >= 0.3 is 0 Å². The Labute approximate surface area is 115 Å². The van der Waals surface area contributed by atoms with Gasteiger partial charge in [-0.2, -0.15) is 0 Å². The van der Waals surface area contributed by atoms with Crippen molar-refractivity contribution in [2.45, 2.75) is 32.6 Å². The first-order valence-electron chi connectivity index (χ1n) is 7.18. The molecule has 0 bridgehead atoms. The van der Waals surface area contributed by atoms with E-state index in [1.165, 1.54) is 34.3 Å². The Morgan fingerprint density at radius 3 is 2.63 bits per heavy atom. The van der Waals surface area contributed by atoms with Gasteiger partial charge in [-0.25, -0.2) is 0 Å². The van der Waals surface area contributed by atoms with Crippen molar-refractivity contribution in [2.75, 3.05) is 0 Å². The molecule has 0 heterocycles. The molecule has 0 spiro atoms. The van der Waals surface area contributed by atoms with Crippen LogP contribution in [0.3, 0.4) is 0 Å². The number of rotatable bonds is 2. The molecule has 0 nitrogen and oxygen atoms in total. The van der Waals surface area contributed by atoms with Crippen LogP contribution >= 0.6 is 0 Å². The summed E-state index contributed by atoms with van der Waals surface area (Å²) in [6.45, 7) is 2.18. The quantitative estimate of drug-likeness (QED) is 0.651. The van der Waals surface area contributed by atoms with Gasteiger partial charge in [0.1, 0.15) is 0 Å². The Morgan fingerprint density at radius 2 is 1.89 bits per heavy atom. The third-order valence-electron chi connectivity index (χ3n) is 3.84. The molecular weight excluding hydrogens is 228 g/mol. The lowest BCUT2D eigenvalue weighted by molar-refractivity contribution is 1.04. The fourth-order valence-corrected chi connectivity index (χ4v) is 2.82. The molecule has 2 aliphatic rings. The van der Waals surface area contributed by atoms with Gasteiger partial charge in [-0.05, 0) is 54.9 Å². The largest absolute Gasteiger partial charge is 0.0842 e. The van der Waals surface area contributed by atoms with Gasteiger partial charge in [-0.15, -0.1) is 0 Å². The fraction of sp³-hybridized carbons (Fsp3) is 0.263. The molecule has 1 aromatic rings. The molecule has 3 rings (SSSR count). The van der Waals surface area contributed by atoms with E-state index in [1.807, 2.05) is 0 Å². The molecule has 0 heteroatoms. The Hall–Kier alpha value is -1.82. The number of hydrogen-bond acceptors (Lipinski definition) is 0. The molecule has 0 aromatic heterocycles. The first-order valence-corrected chi connectivity index (χ1v) is 7.18. The van der Waals surface area contributed by atoms with Crippen LogP contribution in [0, 0.1) is 6.92 Å². The molecule has 0 amide bonds. The van der Waals surface area contributed by atoms with Crippen LogP contribution in [-0.4, -0.2) is 0 Å². The minimum Gasteiger partial charge on any atom is -0.0842 e. The van der Waals surface area contributed by atoms with Crippen LogP contribution in [0.25, 0.3) is 11.1 Å². The monoisotopic (exact) mass is 248 g/mol. The zero-order valence-corrected chi connectivity index (χ0v) is 11.5. The van der Waals surface area contributed by atoms with E-state index in [0.29, 0.717) is 0 Å². The van der Waals surface area contributed by atoms with Crippen molar-refractivity contribution in [2.24, 2.45) is 0 Å². The summed E-state index contributed by atoms with van der Waals surface area (Å²) in [5.74, 6) is 0. The van der Waals surface area contributed by atoms with E-state index >= 15 is 0 Å². The maximum atomic E-state index is 2.37. The molecule has 2 aliphatic carbocycles. The summed E-state index contributed by atoms with van der Waals surface area (Å²) in [6.07, 6.45) is 18.3. The summed E-state index contributed by atoms with van der Waals surface area (Å²) in [4.78, 5) is 0. The van der Waals surface area contributed by atoms with E-state index in [-0.39, 0.29) is 0 Å². The number of aryl methyl sites for hydroxylation is 1. The zero-order chi connectivity index (χ0) is 13.1. The average Bonchev–Trinajstić information content (AvgIpc) is 2.49. The summed E-state index contributed by atoms with van der Waals surface area (Å²) in [5, 5.41) is 0. The summed E-state index contributed by atoms with van der Waals surface area (Å²) in [7, 11) is 0. The normalized spacial score (nSPS) is 18.2. The van der Waals surface area contributed by atoms with Crippen molar-refractivity contribution in [3.05, 3.63) is 71.3 Å². The molecule has 0 saturated heterocycles. The SMILES string of the molecule is Cc1ccc(C2=CC=CCC2)c(C2=CCCC=C2)c1. The molecule has 0 unspecified atom stereocenters. The Bertz CT molecular complexity index is 594. The second-order valence-corrected chi connectivity index (χ2v) is 5.35. The van der Waals surface area contributed by atoms with Gasteiger partial charge in [-0.1, -0.05) is 60.2 Å². The third kappa shape index (κ3) is 2.63. The van der Waals surface area contributed by atoms with E-state index in [1.54, 1.807) is 0 Å². The molecule has 0 N–H and O–H groups in total. The highest BCUT2D eigenvalue weighted by atomic mass is 14.2. The fourth-order valence-electron chi connectivity index (χ4n) is 2.82. The van der Waals surface area contributed by atoms with Crippen molar-refractivity contribution in [3.8, 4) is 0 Å². The molecule has 0 aliphatic heterocycles. The summed E-state index contributed by atoms with van der Waals surface area (Å²) >= 11 is 0. The van der Waals surface area contributed by atoms with Crippen molar-refractivity contribution in [1.29, 1.82) is 0 Å². The molecule has 96 valence electrons. The Balaban J connectivity index is 2.09. The van der Waals surface area contributed by atoms with Crippen LogP contribution in [0.4, 0.5) is 0 Å². The van der Waals surface area contributed by atoms with E-state index in [2.05, 4.69) is 61.6 Å². The smallest absolute Gasteiger partial charge is 0.0109 e. The number of allylic oxidation sites excluding steroid dienone is 8. The minimum absolute atomic E-state index is 1.16. The van der Waals surface area contributed by atoms with Crippen molar-refractivity contribution < 1.29 is 0 Å². The standard InChI is InChI=1S/C19H20/c1-15-12-13-18(16-8-4-2-5-9-16)19(14-15)17-10-6-3-7-11-17/h2,4,6,8,10-14H,3,5,7,9H2,1H3. The van der Waals surface area contributed by atoms with Gasteiger partial charge in [0.2, 0.25) is 0 Å². The first kappa shape index (κ1) is 12.2. The van der Waals surface area contributed by atoms with Crippen LogP contribution in [0.2, 0.25) is 0 Å². The molecule has 0 saturated carbocycles. The van der Waals surface area contributed by atoms with Gasteiger partial charge in [0.25, 0.3) is 0 Å². The summed E-state index contributed by atoms with van der Waals surface area (Å²) < 4.78 is 0. The highest BCUT2D eigenvalue weighted by Gasteiger charge is 2.12. The minimum atomic E-state index is 1.16. The van der Waals surface area contributed by atoms with E-state index in [0.717, 1.165) is 19.3 Å². The summed E-state index contributed by atoms with van der Waals surface area (Å²) in [6, 6.07) is 6.85. The van der Waals surface area contributed by atoms with Gasteiger partial charge in [0.15, 0.2) is 0 Å².